The van der Waals surface area contributed by atoms with Gasteiger partial charge in [0.15, 0.2) is 0 Å². The quantitative estimate of drug-likeness (QED) is 0.695. The van der Waals surface area contributed by atoms with Crippen LogP contribution in [0.2, 0.25) is 0 Å². The Morgan fingerprint density at radius 3 is 2.13 bits per heavy atom. The maximum Gasteiger partial charge on any atom is 0.123 e. The van der Waals surface area contributed by atoms with Crippen molar-refractivity contribution in [2.24, 2.45) is 5.92 Å². The molecule has 0 aliphatic heterocycles. The van der Waals surface area contributed by atoms with Crippen LogP contribution in [-0.2, 0) is 11.2 Å². The van der Waals surface area contributed by atoms with Crippen molar-refractivity contribution in [3.63, 3.8) is 0 Å². The molecule has 1 rings (SSSR count). The van der Waals surface area contributed by atoms with Crippen molar-refractivity contribution in [1.82, 2.24) is 0 Å². The van der Waals surface area contributed by atoms with Crippen LogP contribution < -0.4 is 9.47 Å². The van der Waals surface area contributed by atoms with E-state index in [9.17, 15) is 4.79 Å². The molecule has 0 spiro atoms. The lowest BCUT2D eigenvalue weighted by Gasteiger charge is -2.09. The van der Waals surface area contributed by atoms with Crippen molar-refractivity contribution < 1.29 is 14.3 Å². The van der Waals surface area contributed by atoms with Gasteiger partial charge in [-0.25, -0.2) is 0 Å². The monoisotopic (exact) mass is 208 g/mol. The fourth-order valence-electron chi connectivity index (χ4n) is 1.40. The summed E-state index contributed by atoms with van der Waals surface area (Å²) in [5.74, 6) is 1.52. The average Bonchev–Trinajstić information content (AvgIpc) is 2.28. The Balaban J connectivity index is 2.91. The zero-order chi connectivity index (χ0) is 11.3. The van der Waals surface area contributed by atoms with Gasteiger partial charge in [-0.2, -0.15) is 0 Å². The van der Waals surface area contributed by atoms with E-state index in [0.717, 1.165) is 23.3 Å². The molecule has 0 saturated carbocycles. The molecular formula is C12H16O3. The molecule has 0 aliphatic rings. The van der Waals surface area contributed by atoms with Crippen LogP contribution in [-0.4, -0.2) is 20.5 Å². The number of ether oxygens (including phenoxy) is 2. The fourth-order valence-corrected chi connectivity index (χ4v) is 1.40. The standard InChI is InChI=1S/C12H16O3/c1-9(8-13)4-10-5-11(14-2)7-12(6-10)15-3/h5-9H,4H2,1-3H3. The molecule has 0 bridgehead atoms. The molecule has 15 heavy (non-hydrogen) atoms. The zero-order valence-corrected chi connectivity index (χ0v) is 9.32. The minimum atomic E-state index is 0.0156. The first kappa shape index (κ1) is 11.6. The first-order chi connectivity index (χ1) is 7.19. The second-order valence-electron chi connectivity index (χ2n) is 3.54. The molecule has 1 aromatic carbocycles. The molecule has 0 radical (unpaired) electrons. The van der Waals surface area contributed by atoms with Crippen LogP contribution in [0.4, 0.5) is 0 Å². The third-order valence-electron chi connectivity index (χ3n) is 2.20. The van der Waals surface area contributed by atoms with E-state index in [-0.39, 0.29) is 5.92 Å². The highest BCUT2D eigenvalue weighted by Crippen LogP contribution is 2.23. The SMILES string of the molecule is COc1cc(CC(C)C=O)cc(OC)c1. The predicted octanol–water partition coefficient (Wildman–Crippen LogP) is 2.08. The number of carbonyl (C=O) groups excluding carboxylic acids is 1. The van der Waals surface area contributed by atoms with Crippen LogP contribution >= 0.6 is 0 Å². The molecule has 1 atom stereocenters. The minimum Gasteiger partial charge on any atom is -0.497 e. The average molecular weight is 208 g/mol. The van der Waals surface area contributed by atoms with Gasteiger partial charge in [0, 0.05) is 12.0 Å². The molecule has 82 valence electrons. The van der Waals surface area contributed by atoms with Crippen molar-refractivity contribution >= 4 is 6.29 Å². The Morgan fingerprint density at radius 2 is 1.73 bits per heavy atom. The van der Waals surface area contributed by atoms with Crippen LogP contribution in [0.25, 0.3) is 0 Å². The summed E-state index contributed by atoms with van der Waals surface area (Å²) >= 11 is 0. The molecule has 0 amide bonds. The van der Waals surface area contributed by atoms with E-state index in [1.165, 1.54) is 0 Å². The summed E-state index contributed by atoms with van der Waals surface area (Å²) in [6.45, 7) is 1.89. The number of methoxy groups -OCH3 is 2. The van der Waals surface area contributed by atoms with Crippen molar-refractivity contribution in [2.45, 2.75) is 13.3 Å². The van der Waals surface area contributed by atoms with Crippen LogP contribution in [0.1, 0.15) is 12.5 Å². The molecule has 3 nitrogen and oxygen atoms in total. The molecule has 0 aliphatic carbocycles. The number of carbonyl (C=O) groups is 1. The second-order valence-corrected chi connectivity index (χ2v) is 3.54. The highest BCUT2D eigenvalue weighted by molar-refractivity contribution is 5.54. The molecule has 1 aromatic rings. The second kappa shape index (κ2) is 5.39. The lowest BCUT2D eigenvalue weighted by atomic mass is 10.0. The van der Waals surface area contributed by atoms with Crippen molar-refractivity contribution in [2.75, 3.05) is 14.2 Å². The van der Waals surface area contributed by atoms with Gasteiger partial charge >= 0.3 is 0 Å². The molecular weight excluding hydrogens is 192 g/mol. The van der Waals surface area contributed by atoms with Gasteiger partial charge in [-0.05, 0) is 24.1 Å². The highest BCUT2D eigenvalue weighted by atomic mass is 16.5. The van der Waals surface area contributed by atoms with E-state index in [0.29, 0.717) is 6.42 Å². The molecule has 1 unspecified atom stereocenters. The van der Waals surface area contributed by atoms with Gasteiger partial charge in [-0.3, -0.25) is 0 Å². The molecule has 0 aromatic heterocycles. The molecule has 0 fully saturated rings. The Labute approximate surface area is 90.0 Å². The van der Waals surface area contributed by atoms with Gasteiger partial charge in [0.2, 0.25) is 0 Å². The summed E-state index contributed by atoms with van der Waals surface area (Å²) in [4.78, 5) is 10.6. The van der Waals surface area contributed by atoms with Crippen LogP contribution in [0.5, 0.6) is 11.5 Å². The fraction of sp³-hybridized carbons (Fsp3) is 0.417. The summed E-state index contributed by atoms with van der Waals surface area (Å²) in [7, 11) is 3.23. The Hall–Kier alpha value is -1.51. The van der Waals surface area contributed by atoms with Gasteiger partial charge in [0.25, 0.3) is 0 Å². The number of hydrogen-bond donors (Lipinski definition) is 0. The molecule has 0 heterocycles. The van der Waals surface area contributed by atoms with E-state index in [1.54, 1.807) is 14.2 Å². The van der Waals surface area contributed by atoms with E-state index >= 15 is 0 Å². The number of aldehydes is 1. The highest BCUT2D eigenvalue weighted by Gasteiger charge is 2.05. The maximum absolute atomic E-state index is 10.6. The summed E-state index contributed by atoms with van der Waals surface area (Å²) in [6, 6.07) is 5.65. The number of benzene rings is 1. The number of hydrogen-bond acceptors (Lipinski definition) is 3. The Kier molecular flexibility index (Phi) is 4.16. The third kappa shape index (κ3) is 3.27. The van der Waals surface area contributed by atoms with Crippen molar-refractivity contribution in [1.29, 1.82) is 0 Å². The topological polar surface area (TPSA) is 35.5 Å². The smallest absolute Gasteiger partial charge is 0.123 e. The largest absolute Gasteiger partial charge is 0.497 e. The van der Waals surface area contributed by atoms with E-state index < -0.39 is 0 Å². The first-order valence-electron chi connectivity index (χ1n) is 4.86. The summed E-state index contributed by atoms with van der Waals surface area (Å²) in [5.41, 5.74) is 1.05. The Bertz CT molecular complexity index is 311. The summed E-state index contributed by atoms with van der Waals surface area (Å²) < 4.78 is 10.3. The van der Waals surface area contributed by atoms with Gasteiger partial charge in [0.05, 0.1) is 14.2 Å². The van der Waals surface area contributed by atoms with E-state index in [1.807, 2.05) is 25.1 Å². The molecule has 0 N–H and O–H groups in total. The van der Waals surface area contributed by atoms with Gasteiger partial charge in [-0.1, -0.05) is 6.92 Å². The first-order valence-corrected chi connectivity index (χ1v) is 4.86. The Morgan fingerprint density at radius 1 is 1.20 bits per heavy atom. The summed E-state index contributed by atoms with van der Waals surface area (Å²) in [6.07, 6.45) is 1.66. The predicted molar refractivity (Wildman–Crippen MR) is 58.5 cm³/mol. The van der Waals surface area contributed by atoms with Crippen molar-refractivity contribution in [3.8, 4) is 11.5 Å². The molecule has 3 heteroatoms. The molecule has 0 saturated heterocycles. The van der Waals surface area contributed by atoms with E-state index in [4.69, 9.17) is 9.47 Å². The van der Waals surface area contributed by atoms with Gasteiger partial charge in [-0.15, -0.1) is 0 Å². The van der Waals surface area contributed by atoms with Gasteiger partial charge < -0.3 is 14.3 Å². The van der Waals surface area contributed by atoms with E-state index in [2.05, 4.69) is 0 Å². The summed E-state index contributed by atoms with van der Waals surface area (Å²) in [5, 5.41) is 0. The van der Waals surface area contributed by atoms with Gasteiger partial charge in [0.1, 0.15) is 17.8 Å². The van der Waals surface area contributed by atoms with Crippen molar-refractivity contribution in [3.05, 3.63) is 23.8 Å². The maximum atomic E-state index is 10.6. The third-order valence-corrected chi connectivity index (χ3v) is 2.20. The lowest BCUT2D eigenvalue weighted by Crippen LogP contribution is -2.01. The van der Waals surface area contributed by atoms with Crippen LogP contribution in [0.3, 0.4) is 0 Å². The number of rotatable bonds is 5. The zero-order valence-electron chi connectivity index (χ0n) is 9.32. The normalized spacial score (nSPS) is 11.9. The van der Waals surface area contributed by atoms with Crippen LogP contribution in [0, 0.1) is 5.92 Å². The lowest BCUT2D eigenvalue weighted by molar-refractivity contribution is -0.110. The van der Waals surface area contributed by atoms with Crippen LogP contribution in [0.15, 0.2) is 18.2 Å². The minimum absolute atomic E-state index is 0.0156.